The highest BCUT2D eigenvalue weighted by molar-refractivity contribution is 6.35. The van der Waals surface area contributed by atoms with Crippen molar-refractivity contribution in [2.24, 2.45) is 0 Å². The largest absolute Gasteiger partial charge is 0.507 e. The maximum atomic E-state index is 16.1. The Labute approximate surface area is 467 Å². The summed E-state index contributed by atoms with van der Waals surface area (Å²) in [6.45, 7) is 13.6. The standard InChI is InChI=1S/2C27H30ClF2N5O5/c2*1-27(2,3)40-26(38)35-12-10-34(11-13-35)24-15-14-16(28)20(21-17(29)6-5-7-18(21)36)22(30)23(15)32-25(33-24)31-9-8-19(37)39-4/h2*5-7,14,36H,8-13H2,1-4H3,(H,31,32,33). The fourth-order valence-electron chi connectivity index (χ4n) is 8.59. The predicted molar refractivity (Wildman–Crippen MR) is 293 cm³/mol. The molecule has 0 bridgehead atoms. The molecule has 2 aliphatic rings. The van der Waals surface area contributed by atoms with Crippen LogP contribution in [0.15, 0.2) is 48.5 Å². The van der Waals surface area contributed by atoms with Crippen LogP contribution in [-0.2, 0) is 28.5 Å². The topological polar surface area (TPSA) is 234 Å². The quantitative estimate of drug-likeness (QED) is 0.0507. The van der Waals surface area contributed by atoms with Crippen LogP contribution >= 0.6 is 23.2 Å². The van der Waals surface area contributed by atoms with Crippen molar-refractivity contribution in [2.45, 2.75) is 65.6 Å². The molecule has 0 unspecified atom stereocenters. The zero-order valence-corrected chi connectivity index (χ0v) is 46.6. The summed E-state index contributed by atoms with van der Waals surface area (Å²) in [4.78, 5) is 72.8. The first-order valence-corrected chi connectivity index (χ1v) is 26.0. The molecule has 2 saturated heterocycles. The molecular formula is C54H60Cl2F4N10O10. The molecule has 0 atom stereocenters. The zero-order valence-electron chi connectivity index (χ0n) is 45.1. The van der Waals surface area contributed by atoms with Crippen molar-refractivity contribution in [1.82, 2.24) is 29.7 Å². The van der Waals surface area contributed by atoms with E-state index in [0.29, 0.717) is 64.0 Å². The van der Waals surface area contributed by atoms with E-state index in [1.165, 1.54) is 50.6 Å². The number of rotatable bonds is 12. The van der Waals surface area contributed by atoms with E-state index in [0.717, 1.165) is 12.1 Å². The second-order valence-corrected chi connectivity index (χ2v) is 21.1. The Kier molecular flexibility index (Phi) is 18.7. The van der Waals surface area contributed by atoms with E-state index in [1.54, 1.807) is 51.3 Å². The van der Waals surface area contributed by atoms with Crippen LogP contribution in [-0.4, -0.2) is 155 Å². The SMILES string of the molecule is COC(=O)CCNc1nc(N2CCN(C(=O)OC(C)(C)C)CC2)c2cc(Cl)c(-c3c(O)cccc3F)c(F)c2n1.COC(=O)CCNc1nc(N2CCN(C(=O)OC(C)(C)C)CC2)c2cc(Cl)c(-c3c(O)cccc3F)c(F)c2n1. The van der Waals surface area contributed by atoms with Gasteiger partial charge in [0.25, 0.3) is 0 Å². The van der Waals surface area contributed by atoms with Crippen LogP contribution in [0.2, 0.25) is 10.0 Å². The number of fused-ring (bicyclic) bond motifs is 2. The summed E-state index contributed by atoms with van der Waals surface area (Å²) in [6.07, 6.45) is -0.847. The van der Waals surface area contributed by atoms with Crippen molar-refractivity contribution < 1.29 is 65.9 Å². The number of carbonyl (C=O) groups excluding carboxylic acids is 4. The molecule has 2 aliphatic heterocycles. The highest BCUT2D eigenvalue weighted by Gasteiger charge is 2.32. The minimum atomic E-state index is -0.949. The summed E-state index contributed by atoms with van der Waals surface area (Å²) in [5.41, 5.74) is -3.07. The molecule has 0 saturated carbocycles. The van der Waals surface area contributed by atoms with E-state index >= 15 is 8.78 Å². The van der Waals surface area contributed by atoms with Crippen LogP contribution in [0.4, 0.5) is 50.7 Å². The van der Waals surface area contributed by atoms with Gasteiger partial charge in [0.2, 0.25) is 11.9 Å². The Morgan fingerprint density at radius 3 is 1.23 bits per heavy atom. The Morgan fingerprint density at radius 1 is 0.562 bits per heavy atom. The third-order valence-electron chi connectivity index (χ3n) is 12.4. The molecule has 0 radical (unpaired) electrons. The van der Waals surface area contributed by atoms with Gasteiger partial charge in [-0.2, -0.15) is 9.97 Å². The van der Waals surface area contributed by atoms with Crippen molar-refractivity contribution in [2.75, 3.05) is 100 Å². The second kappa shape index (κ2) is 25.1. The number of hydrogen-bond donors (Lipinski definition) is 4. The van der Waals surface area contributed by atoms with Crippen molar-refractivity contribution in [3.63, 3.8) is 0 Å². The number of phenolic OH excluding ortho intramolecular Hbond substituents is 2. The minimum Gasteiger partial charge on any atom is -0.507 e. The van der Waals surface area contributed by atoms with E-state index < -0.39 is 81.2 Å². The highest BCUT2D eigenvalue weighted by Crippen LogP contribution is 2.44. The molecule has 2 amide bonds. The van der Waals surface area contributed by atoms with Crippen LogP contribution in [0.5, 0.6) is 11.5 Å². The number of methoxy groups -OCH3 is 2. The maximum absolute atomic E-state index is 16.1. The van der Waals surface area contributed by atoms with Crippen molar-refractivity contribution in [3.8, 4) is 33.8 Å². The van der Waals surface area contributed by atoms with E-state index in [9.17, 15) is 38.2 Å². The van der Waals surface area contributed by atoms with E-state index in [1.807, 2.05) is 9.80 Å². The van der Waals surface area contributed by atoms with Gasteiger partial charge in [0.05, 0.1) is 48.2 Å². The van der Waals surface area contributed by atoms with Gasteiger partial charge in [-0.05, 0) is 77.9 Å². The average Bonchev–Trinajstić information content (AvgIpc) is 3.39. The normalized spacial score (nSPS) is 13.9. The number of hydrogen-bond acceptors (Lipinski definition) is 18. The number of amides is 2. The van der Waals surface area contributed by atoms with Crippen LogP contribution in [0.25, 0.3) is 44.1 Å². The summed E-state index contributed by atoms with van der Waals surface area (Å²) in [6, 6.07) is 10.1. The second-order valence-electron chi connectivity index (χ2n) is 20.3. The number of carbonyl (C=O) groups is 4. The van der Waals surface area contributed by atoms with Gasteiger partial charge in [-0.25, -0.2) is 37.1 Å². The Morgan fingerprint density at radius 2 is 0.912 bits per heavy atom. The predicted octanol–water partition coefficient (Wildman–Crippen LogP) is 9.93. The van der Waals surface area contributed by atoms with Crippen LogP contribution in [0, 0.1) is 23.3 Å². The van der Waals surface area contributed by atoms with E-state index in [-0.39, 0.29) is 80.8 Å². The van der Waals surface area contributed by atoms with Gasteiger partial charge in [-0.3, -0.25) is 9.59 Å². The number of benzene rings is 4. The molecular weight excluding hydrogens is 1100 g/mol. The van der Waals surface area contributed by atoms with Crippen LogP contribution in [0.1, 0.15) is 54.4 Å². The minimum absolute atomic E-state index is 0.0131. The number of anilines is 4. The van der Waals surface area contributed by atoms with Gasteiger partial charge in [-0.1, -0.05) is 35.3 Å². The summed E-state index contributed by atoms with van der Waals surface area (Å²) in [5, 5.41) is 26.6. The molecule has 6 aromatic rings. The number of phenols is 2. The van der Waals surface area contributed by atoms with Crippen molar-refractivity contribution in [3.05, 3.63) is 81.8 Å². The Hall–Kier alpha value is -7.86. The van der Waals surface area contributed by atoms with Gasteiger partial charge in [0, 0.05) is 87.3 Å². The lowest BCUT2D eigenvalue weighted by Crippen LogP contribution is -2.50. The number of piperazine rings is 2. The molecule has 0 aliphatic carbocycles. The number of aromatic nitrogens is 4. The lowest BCUT2D eigenvalue weighted by molar-refractivity contribution is -0.141. The molecule has 8 rings (SSSR count). The molecule has 4 heterocycles. The van der Waals surface area contributed by atoms with E-state index in [4.69, 9.17) is 32.7 Å². The van der Waals surface area contributed by atoms with E-state index in [2.05, 4.69) is 40.0 Å². The molecule has 2 aromatic heterocycles. The lowest BCUT2D eigenvalue weighted by Gasteiger charge is -2.36. The number of nitrogens with one attached hydrogen (secondary N) is 2. The first-order valence-electron chi connectivity index (χ1n) is 25.2. The Balaban J connectivity index is 0.000000231. The number of halogens is 6. The summed E-state index contributed by atoms with van der Waals surface area (Å²) < 4.78 is 81.8. The molecule has 80 heavy (non-hydrogen) atoms. The van der Waals surface area contributed by atoms with Crippen molar-refractivity contribution >= 4 is 92.7 Å². The zero-order chi connectivity index (χ0) is 58.4. The van der Waals surface area contributed by atoms with Crippen LogP contribution < -0.4 is 20.4 Å². The van der Waals surface area contributed by atoms with Gasteiger partial charge in [0.15, 0.2) is 11.6 Å². The molecule has 20 nitrogen and oxygen atoms in total. The summed E-state index contributed by atoms with van der Waals surface area (Å²) in [5.74, 6) is -4.79. The first-order chi connectivity index (χ1) is 37.8. The molecule has 26 heteroatoms. The summed E-state index contributed by atoms with van der Waals surface area (Å²) in [7, 11) is 2.53. The molecule has 0 spiro atoms. The fraction of sp³-hybridized carbons (Fsp3) is 0.407. The molecule has 4 aromatic carbocycles. The number of nitrogens with zero attached hydrogens (tertiary/aromatic N) is 8. The Bertz CT molecular complexity index is 3060. The number of aromatic hydroxyl groups is 2. The van der Waals surface area contributed by atoms with Gasteiger partial charge >= 0.3 is 24.1 Å². The fourth-order valence-corrected chi connectivity index (χ4v) is 9.16. The average molecular weight is 1160 g/mol. The summed E-state index contributed by atoms with van der Waals surface area (Å²) >= 11 is 12.9. The number of ether oxygens (including phenoxy) is 4. The first kappa shape index (κ1) is 59.8. The monoisotopic (exact) mass is 1150 g/mol. The van der Waals surface area contributed by atoms with Crippen molar-refractivity contribution in [1.29, 1.82) is 0 Å². The van der Waals surface area contributed by atoms with Gasteiger partial charge in [-0.15, -0.1) is 0 Å². The molecule has 428 valence electrons. The molecule has 2 fully saturated rings. The van der Waals surface area contributed by atoms with Gasteiger partial charge in [0.1, 0.15) is 57.0 Å². The molecule has 4 N–H and O–H groups in total. The smallest absolute Gasteiger partial charge is 0.410 e. The third kappa shape index (κ3) is 14.1. The van der Waals surface area contributed by atoms with Crippen LogP contribution in [0.3, 0.4) is 0 Å². The number of esters is 2. The maximum Gasteiger partial charge on any atom is 0.410 e. The highest BCUT2D eigenvalue weighted by atomic mass is 35.5. The third-order valence-corrected chi connectivity index (χ3v) is 12.9. The lowest BCUT2D eigenvalue weighted by atomic mass is 10.0. The van der Waals surface area contributed by atoms with Gasteiger partial charge < -0.3 is 59.4 Å².